The quantitative estimate of drug-likeness (QED) is 0.698. The fourth-order valence-electron chi connectivity index (χ4n) is 4.15. The monoisotopic (exact) mass is 442 g/mol. The normalized spacial score (nSPS) is 19.2. The summed E-state index contributed by atoms with van der Waals surface area (Å²) in [6.07, 6.45) is 0. The highest BCUT2D eigenvalue weighted by Crippen LogP contribution is 2.30. The molecule has 0 saturated carbocycles. The van der Waals surface area contributed by atoms with Crippen molar-refractivity contribution in [1.82, 2.24) is 9.80 Å². The van der Waals surface area contributed by atoms with Gasteiger partial charge in [0.2, 0.25) is 0 Å². The van der Waals surface area contributed by atoms with Crippen molar-refractivity contribution in [1.29, 1.82) is 0 Å². The molecule has 32 heavy (non-hydrogen) atoms. The molecule has 1 saturated heterocycles. The third-order valence-corrected chi connectivity index (χ3v) is 5.97. The summed E-state index contributed by atoms with van der Waals surface area (Å²) in [6.45, 7) is 9.68. The molecule has 2 aromatic rings. The van der Waals surface area contributed by atoms with Gasteiger partial charge in [-0.25, -0.2) is 9.18 Å². The molecule has 2 aromatic carbocycles. The maximum Gasteiger partial charge on any atom is 0.339 e. The topological polar surface area (TPSA) is 70.1 Å². The number of piperazine rings is 1. The molecule has 1 heterocycles. The van der Waals surface area contributed by atoms with Crippen molar-refractivity contribution in [3.63, 3.8) is 0 Å². The lowest BCUT2D eigenvalue weighted by molar-refractivity contribution is -0.139. The third-order valence-electron chi connectivity index (χ3n) is 5.97. The molecule has 1 fully saturated rings. The second-order valence-corrected chi connectivity index (χ2v) is 8.77. The van der Waals surface area contributed by atoms with E-state index in [1.54, 1.807) is 23.1 Å². The summed E-state index contributed by atoms with van der Waals surface area (Å²) in [5, 5.41) is 9.53. The summed E-state index contributed by atoms with van der Waals surface area (Å²) in [7, 11) is 0. The zero-order chi connectivity index (χ0) is 23.4. The van der Waals surface area contributed by atoms with Crippen LogP contribution in [-0.4, -0.2) is 58.6 Å². The van der Waals surface area contributed by atoms with Gasteiger partial charge in [0.1, 0.15) is 17.1 Å². The second kappa shape index (κ2) is 10.1. The van der Waals surface area contributed by atoms with Gasteiger partial charge in [-0.1, -0.05) is 38.1 Å². The van der Waals surface area contributed by atoms with Gasteiger partial charge in [0, 0.05) is 31.7 Å². The van der Waals surface area contributed by atoms with E-state index in [-0.39, 0.29) is 47.6 Å². The van der Waals surface area contributed by atoms with E-state index >= 15 is 0 Å². The average molecular weight is 443 g/mol. The molecule has 7 heteroatoms. The first kappa shape index (κ1) is 23.7. The van der Waals surface area contributed by atoms with Crippen molar-refractivity contribution in [3.05, 3.63) is 65.0 Å². The van der Waals surface area contributed by atoms with E-state index in [4.69, 9.17) is 4.74 Å². The Morgan fingerprint density at radius 2 is 1.78 bits per heavy atom. The van der Waals surface area contributed by atoms with Crippen molar-refractivity contribution in [2.75, 3.05) is 19.7 Å². The minimum atomic E-state index is -1.08. The fraction of sp³-hybridized carbons (Fsp3) is 0.440. The number of hydrogen-bond donors (Lipinski definition) is 1. The Kier molecular flexibility index (Phi) is 7.51. The second-order valence-electron chi connectivity index (χ2n) is 8.77. The molecular weight excluding hydrogens is 411 g/mol. The molecule has 0 radical (unpaired) electrons. The smallest absolute Gasteiger partial charge is 0.339 e. The number of halogens is 1. The lowest BCUT2D eigenvalue weighted by Gasteiger charge is -2.44. The lowest BCUT2D eigenvalue weighted by atomic mass is 9.99. The lowest BCUT2D eigenvalue weighted by Crippen LogP contribution is -2.58. The number of rotatable bonds is 7. The van der Waals surface area contributed by atoms with Crippen LogP contribution < -0.4 is 4.74 Å². The number of nitrogens with zero attached hydrogens (tertiary/aromatic N) is 2. The molecule has 1 amide bonds. The van der Waals surface area contributed by atoms with Gasteiger partial charge in [0.05, 0.1) is 0 Å². The van der Waals surface area contributed by atoms with Crippen LogP contribution in [0.4, 0.5) is 4.39 Å². The van der Waals surface area contributed by atoms with Crippen LogP contribution in [0.2, 0.25) is 0 Å². The zero-order valence-electron chi connectivity index (χ0n) is 19.0. The van der Waals surface area contributed by atoms with Gasteiger partial charge in [0.25, 0.3) is 5.91 Å². The minimum Gasteiger partial charge on any atom is -0.483 e. The van der Waals surface area contributed by atoms with Crippen molar-refractivity contribution < 1.29 is 23.8 Å². The number of carbonyl (C=O) groups is 2. The van der Waals surface area contributed by atoms with E-state index in [0.717, 1.165) is 11.1 Å². The van der Waals surface area contributed by atoms with Crippen molar-refractivity contribution >= 4 is 11.9 Å². The summed E-state index contributed by atoms with van der Waals surface area (Å²) in [6, 6.07) is 11.6. The molecule has 0 spiro atoms. The van der Waals surface area contributed by atoms with Gasteiger partial charge < -0.3 is 14.7 Å². The number of carboxylic acids is 1. The maximum absolute atomic E-state index is 13.2. The van der Waals surface area contributed by atoms with Crippen molar-refractivity contribution in [3.8, 4) is 5.75 Å². The molecule has 2 atom stereocenters. The van der Waals surface area contributed by atoms with Gasteiger partial charge in [-0.2, -0.15) is 0 Å². The van der Waals surface area contributed by atoms with Gasteiger partial charge >= 0.3 is 5.97 Å². The largest absolute Gasteiger partial charge is 0.483 e. The molecule has 0 bridgehead atoms. The Morgan fingerprint density at radius 1 is 1.09 bits per heavy atom. The van der Waals surface area contributed by atoms with E-state index < -0.39 is 5.97 Å². The van der Waals surface area contributed by atoms with Crippen LogP contribution in [0, 0.1) is 5.82 Å². The number of ether oxygens (including phenoxy) is 1. The number of carboxylic acid groups (broad SMARTS) is 1. The molecule has 0 aromatic heterocycles. The van der Waals surface area contributed by atoms with Crippen molar-refractivity contribution in [2.45, 2.75) is 52.2 Å². The van der Waals surface area contributed by atoms with Gasteiger partial charge in [-0.3, -0.25) is 9.69 Å². The van der Waals surface area contributed by atoms with E-state index in [2.05, 4.69) is 11.8 Å². The predicted molar refractivity (Wildman–Crippen MR) is 120 cm³/mol. The standard InChI is InChI=1S/C25H31FN2O4/c1-16(2)21-6-5-7-22(25(30)31)24(21)32-15-23(29)28-13-17(3)27(12-18(28)4)14-19-8-10-20(26)11-9-19/h5-11,16-18H,12-15H2,1-4H3,(H,30,31). The van der Waals surface area contributed by atoms with E-state index in [1.165, 1.54) is 18.2 Å². The Morgan fingerprint density at radius 3 is 2.41 bits per heavy atom. The Bertz CT molecular complexity index is 961. The Balaban J connectivity index is 1.66. The number of hydrogen-bond acceptors (Lipinski definition) is 4. The molecule has 172 valence electrons. The SMILES string of the molecule is CC(C)c1cccc(C(=O)O)c1OCC(=O)N1CC(C)N(Cc2ccc(F)cc2)CC1C. The van der Waals surface area contributed by atoms with E-state index in [1.807, 2.05) is 26.8 Å². The van der Waals surface area contributed by atoms with Crippen LogP contribution in [0.1, 0.15) is 55.1 Å². The maximum atomic E-state index is 13.2. The summed E-state index contributed by atoms with van der Waals surface area (Å²) < 4.78 is 19.0. The van der Waals surface area contributed by atoms with Crippen LogP contribution in [0.5, 0.6) is 5.75 Å². The average Bonchev–Trinajstić information content (AvgIpc) is 2.75. The highest BCUT2D eigenvalue weighted by atomic mass is 19.1. The van der Waals surface area contributed by atoms with Gasteiger partial charge in [0.15, 0.2) is 6.61 Å². The predicted octanol–water partition coefficient (Wildman–Crippen LogP) is 4.15. The summed E-state index contributed by atoms with van der Waals surface area (Å²) in [4.78, 5) is 28.7. The van der Waals surface area contributed by atoms with Crippen LogP contribution >= 0.6 is 0 Å². The van der Waals surface area contributed by atoms with Crippen molar-refractivity contribution in [2.24, 2.45) is 0 Å². The molecular formula is C25H31FN2O4. The first-order chi connectivity index (χ1) is 15.2. The highest BCUT2D eigenvalue weighted by Gasteiger charge is 2.32. The molecule has 0 aliphatic carbocycles. The van der Waals surface area contributed by atoms with Gasteiger partial charge in [-0.15, -0.1) is 0 Å². The number of amides is 1. The van der Waals surface area contributed by atoms with Crippen LogP contribution in [0.3, 0.4) is 0 Å². The Hall–Kier alpha value is -2.93. The Labute approximate surface area is 188 Å². The third kappa shape index (κ3) is 5.46. The fourth-order valence-corrected chi connectivity index (χ4v) is 4.15. The molecule has 6 nitrogen and oxygen atoms in total. The van der Waals surface area contributed by atoms with Gasteiger partial charge in [-0.05, 0) is 49.1 Å². The molecule has 1 aliphatic rings. The summed E-state index contributed by atoms with van der Waals surface area (Å²) in [5.41, 5.74) is 1.86. The number of carbonyl (C=O) groups excluding carboxylic acids is 1. The van der Waals surface area contributed by atoms with E-state index in [0.29, 0.717) is 19.6 Å². The highest BCUT2D eigenvalue weighted by molar-refractivity contribution is 5.91. The molecule has 1 N–H and O–H groups in total. The summed E-state index contributed by atoms with van der Waals surface area (Å²) >= 11 is 0. The minimum absolute atomic E-state index is 0.0259. The first-order valence-electron chi connectivity index (χ1n) is 10.9. The van der Waals surface area contributed by atoms with E-state index in [9.17, 15) is 19.1 Å². The number of para-hydroxylation sites is 1. The number of aromatic carboxylic acids is 1. The summed E-state index contributed by atoms with van der Waals surface area (Å²) in [5.74, 6) is -1.17. The van der Waals surface area contributed by atoms with Crippen LogP contribution in [-0.2, 0) is 11.3 Å². The molecule has 2 unspecified atom stereocenters. The molecule has 3 rings (SSSR count). The first-order valence-corrected chi connectivity index (χ1v) is 10.9. The van der Waals surface area contributed by atoms with Crippen LogP contribution in [0.15, 0.2) is 42.5 Å². The number of benzene rings is 2. The van der Waals surface area contributed by atoms with Crippen LogP contribution in [0.25, 0.3) is 0 Å². The zero-order valence-corrected chi connectivity index (χ0v) is 19.0. The molecule has 1 aliphatic heterocycles.